The lowest BCUT2D eigenvalue weighted by atomic mass is 10.1. The van der Waals surface area contributed by atoms with Gasteiger partial charge < -0.3 is 4.74 Å². The largest absolute Gasteiger partial charge is 0.468 e. The fourth-order valence-corrected chi connectivity index (χ4v) is 2.42. The van der Waals surface area contributed by atoms with Crippen LogP contribution < -0.4 is 0 Å². The maximum atomic E-state index is 11.6. The smallest absolute Gasteiger partial charge is 0.324 e. The predicted octanol–water partition coefficient (Wildman–Crippen LogP) is 2.59. The van der Waals surface area contributed by atoms with Crippen molar-refractivity contribution in [1.29, 1.82) is 0 Å². The Morgan fingerprint density at radius 2 is 2.06 bits per heavy atom. The molecule has 3 nitrogen and oxygen atoms in total. The number of rotatable bonds is 7. The maximum Gasteiger partial charge on any atom is 0.324 e. The predicted molar refractivity (Wildman–Crippen MR) is 65.3 cm³/mol. The highest BCUT2D eigenvalue weighted by molar-refractivity contribution is 5.80. The topological polar surface area (TPSA) is 29.3 Å². The van der Waals surface area contributed by atoms with Crippen LogP contribution in [0.25, 0.3) is 0 Å². The molecule has 0 N–H and O–H groups in total. The molecule has 0 radical (unpaired) electrons. The molecule has 0 aromatic heterocycles. The monoisotopic (exact) mass is 227 g/mol. The van der Waals surface area contributed by atoms with Crippen LogP contribution in [-0.2, 0) is 9.53 Å². The second-order valence-corrected chi connectivity index (χ2v) is 4.74. The minimum Gasteiger partial charge on any atom is -0.468 e. The lowest BCUT2D eigenvalue weighted by Gasteiger charge is -2.11. The average molecular weight is 227 g/mol. The molecule has 0 spiro atoms. The van der Waals surface area contributed by atoms with Gasteiger partial charge >= 0.3 is 5.97 Å². The van der Waals surface area contributed by atoms with Crippen molar-refractivity contribution in [3.63, 3.8) is 0 Å². The molecule has 4 atom stereocenters. The first-order valence-electron chi connectivity index (χ1n) is 6.52. The van der Waals surface area contributed by atoms with Crippen LogP contribution in [0.2, 0.25) is 0 Å². The molecule has 1 heterocycles. The summed E-state index contributed by atoms with van der Waals surface area (Å²) in [6.07, 6.45) is 5.95. The zero-order valence-corrected chi connectivity index (χ0v) is 11.0. The van der Waals surface area contributed by atoms with E-state index in [-0.39, 0.29) is 12.0 Å². The Morgan fingerprint density at radius 3 is 2.56 bits per heavy atom. The number of hydrogen-bond acceptors (Lipinski definition) is 3. The lowest BCUT2D eigenvalue weighted by molar-refractivity contribution is -0.141. The van der Waals surface area contributed by atoms with Gasteiger partial charge in [-0.2, -0.15) is 0 Å². The first-order valence-corrected chi connectivity index (χ1v) is 6.52. The van der Waals surface area contributed by atoms with Gasteiger partial charge in [-0.1, -0.05) is 33.1 Å². The van der Waals surface area contributed by atoms with Crippen molar-refractivity contribution in [2.24, 2.45) is 0 Å². The molecular formula is C13H25NO2. The van der Waals surface area contributed by atoms with Gasteiger partial charge in [0, 0.05) is 12.1 Å². The molecule has 0 saturated carbocycles. The summed E-state index contributed by atoms with van der Waals surface area (Å²) in [7, 11) is 1.48. The molecule has 0 aliphatic carbocycles. The van der Waals surface area contributed by atoms with Crippen molar-refractivity contribution in [2.75, 3.05) is 7.11 Å². The summed E-state index contributed by atoms with van der Waals surface area (Å²) in [6.45, 7) is 6.56. The summed E-state index contributed by atoms with van der Waals surface area (Å²) < 4.78 is 4.85. The first kappa shape index (κ1) is 13.5. The number of nitrogens with zero attached hydrogens (tertiary/aromatic N) is 1. The third-order valence-electron chi connectivity index (χ3n) is 3.62. The van der Waals surface area contributed by atoms with E-state index in [4.69, 9.17) is 4.74 Å². The zero-order valence-electron chi connectivity index (χ0n) is 11.0. The zero-order chi connectivity index (χ0) is 12.1. The highest BCUT2D eigenvalue weighted by atomic mass is 16.5. The van der Waals surface area contributed by atoms with Crippen molar-refractivity contribution in [3.8, 4) is 0 Å². The third-order valence-corrected chi connectivity index (χ3v) is 3.62. The second kappa shape index (κ2) is 6.24. The normalized spacial score (nSPS) is 29.9. The van der Waals surface area contributed by atoms with Crippen LogP contribution in [0, 0.1) is 0 Å². The van der Waals surface area contributed by atoms with E-state index in [9.17, 15) is 4.79 Å². The Hall–Kier alpha value is -0.570. The van der Waals surface area contributed by atoms with Gasteiger partial charge in [-0.15, -0.1) is 0 Å². The summed E-state index contributed by atoms with van der Waals surface area (Å²) in [5, 5.41) is 0. The van der Waals surface area contributed by atoms with E-state index >= 15 is 0 Å². The molecule has 1 saturated heterocycles. The minimum absolute atomic E-state index is 0.0387. The molecule has 1 fully saturated rings. The maximum absolute atomic E-state index is 11.6. The minimum atomic E-state index is -0.0539. The Morgan fingerprint density at radius 1 is 1.38 bits per heavy atom. The average Bonchev–Trinajstić information content (AvgIpc) is 3.01. The van der Waals surface area contributed by atoms with Crippen LogP contribution >= 0.6 is 0 Å². The molecule has 0 bridgehead atoms. The van der Waals surface area contributed by atoms with Crippen molar-refractivity contribution >= 4 is 5.97 Å². The second-order valence-electron chi connectivity index (χ2n) is 4.74. The Kier molecular flexibility index (Phi) is 5.26. The molecule has 1 rings (SSSR count). The molecule has 94 valence electrons. The highest BCUT2D eigenvalue weighted by Gasteiger charge is 2.54. The van der Waals surface area contributed by atoms with Crippen molar-refractivity contribution in [2.45, 2.75) is 71.0 Å². The fraction of sp³-hybridized carbons (Fsp3) is 0.923. The van der Waals surface area contributed by atoms with Gasteiger partial charge in [0.25, 0.3) is 0 Å². The molecule has 16 heavy (non-hydrogen) atoms. The molecule has 1 aliphatic heterocycles. The van der Waals surface area contributed by atoms with E-state index in [0.29, 0.717) is 12.1 Å². The van der Waals surface area contributed by atoms with Crippen LogP contribution in [0.4, 0.5) is 0 Å². The standard InChI is InChI=1S/C13H25NO2/c1-5-7-8-9-11-12(13(15)16-4)14(11)10(3)6-2/h10-12H,5-9H2,1-4H3. The lowest BCUT2D eigenvalue weighted by Crippen LogP contribution is -2.21. The summed E-state index contributed by atoms with van der Waals surface area (Å²) in [5.41, 5.74) is 0. The SMILES string of the molecule is CCCCCC1C(C(=O)OC)N1C(C)CC. The van der Waals surface area contributed by atoms with Crippen LogP contribution in [0.3, 0.4) is 0 Å². The number of carbonyl (C=O) groups excluding carboxylic acids is 1. The van der Waals surface area contributed by atoms with Gasteiger partial charge in [-0.3, -0.25) is 9.69 Å². The summed E-state index contributed by atoms with van der Waals surface area (Å²) in [5.74, 6) is -0.0539. The van der Waals surface area contributed by atoms with E-state index in [0.717, 1.165) is 12.8 Å². The van der Waals surface area contributed by atoms with E-state index in [2.05, 4.69) is 25.7 Å². The molecule has 0 aromatic carbocycles. The molecular weight excluding hydrogens is 202 g/mol. The third kappa shape index (κ3) is 2.97. The van der Waals surface area contributed by atoms with Crippen LogP contribution in [-0.4, -0.2) is 36.1 Å². The van der Waals surface area contributed by atoms with E-state index in [1.54, 1.807) is 0 Å². The molecule has 3 heteroatoms. The van der Waals surface area contributed by atoms with Crippen LogP contribution in [0.1, 0.15) is 52.9 Å². The number of esters is 1. The van der Waals surface area contributed by atoms with Gasteiger partial charge in [0.2, 0.25) is 0 Å². The van der Waals surface area contributed by atoms with Gasteiger partial charge in [0.15, 0.2) is 0 Å². The highest BCUT2D eigenvalue weighted by Crippen LogP contribution is 2.36. The Balaban J connectivity index is 2.44. The van der Waals surface area contributed by atoms with Crippen molar-refractivity contribution in [3.05, 3.63) is 0 Å². The van der Waals surface area contributed by atoms with Crippen LogP contribution in [0.5, 0.6) is 0 Å². The number of hydrogen-bond donors (Lipinski definition) is 0. The molecule has 1 aliphatic rings. The van der Waals surface area contributed by atoms with Crippen molar-refractivity contribution < 1.29 is 9.53 Å². The van der Waals surface area contributed by atoms with Crippen molar-refractivity contribution in [1.82, 2.24) is 4.90 Å². The van der Waals surface area contributed by atoms with Gasteiger partial charge in [0.1, 0.15) is 6.04 Å². The molecule has 0 amide bonds. The first-order chi connectivity index (χ1) is 7.67. The Bertz CT molecular complexity index is 230. The van der Waals surface area contributed by atoms with E-state index < -0.39 is 0 Å². The summed E-state index contributed by atoms with van der Waals surface area (Å²) in [4.78, 5) is 13.9. The number of carbonyl (C=O) groups is 1. The van der Waals surface area contributed by atoms with E-state index in [1.165, 1.54) is 26.4 Å². The van der Waals surface area contributed by atoms with E-state index in [1.807, 2.05) is 0 Å². The molecule has 4 unspecified atom stereocenters. The van der Waals surface area contributed by atoms with Gasteiger partial charge in [0.05, 0.1) is 7.11 Å². The quantitative estimate of drug-likeness (QED) is 0.380. The van der Waals surface area contributed by atoms with Gasteiger partial charge in [-0.05, 0) is 19.8 Å². The fourth-order valence-electron chi connectivity index (χ4n) is 2.42. The number of methoxy groups -OCH3 is 1. The van der Waals surface area contributed by atoms with Gasteiger partial charge in [-0.25, -0.2) is 0 Å². The number of unbranched alkanes of at least 4 members (excludes halogenated alkanes) is 2. The van der Waals surface area contributed by atoms with Crippen LogP contribution in [0.15, 0.2) is 0 Å². The summed E-state index contributed by atoms with van der Waals surface area (Å²) >= 11 is 0. The number of ether oxygens (including phenoxy) is 1. The Labute approximate surface area is 99.1 Å². The summed E-state index contributed by atoms with van der Waals surface area (Å²) in [6, 6.07) is 0.974. The molecule has 0 aromatic rings.